The fraction of sp³-hybridized carbons (Fsp3) is 0.533. The number of aliphatic hydroxyl groups excluding tert-OH is 1. The maximum absolute atomic E-state index is 11.9. The molecule has 19 heavy (non-hydrogen) atoms. The van der Waals surface area contributed by atoms with Crippen LogP contribution in [-0.4, -0.2) is 30.8 Å². The molecule has 4 heteroatoms. The predicted octanol–water partition coefficient (Wildman–Crippen LogP) is 1.44. The number of esters is 1. The standard InChI is InChI=1S/C15H21NO3/c1-15(10-17,12-6-4-3-5-7-12)16-13(11-8-9-11)14(18)19-2/h3-7,11,13,16-17H,8-10H2,1-2H3. The highest BCUT2D eigenvalue weighted by Crippen LogP contribution is 2.35. The third-order valence-corrected chi connectivity index (χ3v) is 3.75. The zero-order valence-corrected chi connectivity index (χ0v) is 11.4. The lowest BCUT2D eigenvalue weighted by molar-refractivity contribution is -0.144. The molecular weight excluding hydrogens is 242 g/mol. The van der Waals surface area contributed by atoms with Crippen LogP contribution in [0.3, 0.4) is 0 Å². The number of hydrogen-bond acceptors (Lipinski definition) is 4. The number of nitrogens with one attached hydrogen (secondary N) is 1. The molecule has 1 fully saturated rings. The van der Waals surface area contributed by atoms with Gasteiger partial charge in [0.05, 0.1) is 19.3 Å². The number of carbonyl (C=O) groups excluding carboxylic acids is 1. The van der Waals surface area contributed by atoms with Crippen LogP contribution >= 0.6 is 0 Å². The van der Waals surface area contributed by atoms with E-state index in [1.807, 2.05) is 37.3 Å². The number of rotatable bonds is 6. The Balaban J connectivity index is 2.19. The van der Waals surface area contributed by atoms with E-state index < -0.39 is 5.54 Å². The van der Waals surface area contributed by atoms with Gasteiger partial charge in [0.2, 0.25) is 0 Å². The minimum atomic E-state index is -0.636. The lowest BCUT2D eigenvalue weighted by Gasteiger charge is -2.33. The first-order valence-corrected chi connectivity index (χ1v) is 6.62. The van der Waals surface area contributed by atoms with Crippen molar-refractivity contribution < 1.29 is 14.6 Å². The smallest absolute Gasteiger partial charge is 0.323 e. The molecule has 104 valence electrons. The molecule has 1 aliphatic rings. The first-order chi connectivity index (χ1) is 9.10. The number of carbonyl (C=O) groups is 1. The van der Waals surface area contributed by atoms with Crippen LogP contribution in [0, 0.1) is 5.92 Å². The highest BCUT2D eigenvalue weighted by molar-refractivity contribution is 5.76. The Labute approximate surface area is 113 Å². The van der Waals surface area contributed by atoms with Crippen molar-refractivity contribution in [1.29, 1.82) is 0 Å². The average Bonchev–Trinajstić information content (AvgIpc) is 3.29. The highest BCUT2D eigenvalue weighted by Gasteiger charge is 2.41. The number of hydrogen-bond donors (Lipinski definition) is 2. The quantitative estimate of drug-likeness (QED) is 0.762. The molecule has 2 rings (SSSR count). The fourth-order valence-electron chi connectivity index (χ4n) is 2.30. The van der Waals surface area contributed by atoms with E-state index in [2.05, 4.69) is 5.32 Å². The van der Waals surface area contributed by atoms with Crippen LogP contribution in [0.4, 0.5) is 0 Å². The summed E-state index contributed by atoms with van der Waals surface area (Å²) in [7, 11) is 1.40. The number of methoxy groups -OCH3 is 1. The van der Waals surface area contributed by atoms with Gasteiger partial charge in [0, 0.05) is 0 Å². The van der Waals surface area contributed by atoms with E-state index in [9.17, 15) is 9.90 Å². The third kappa shape index (κ3) is 3.14. The summed E-state index contributed by atoms with van der Waals surface area (Å²) in [5, 5.41) is 13.0. The Morgan fingerprint density at radius 2 is 2.11 bits per heavy atom. The lowest BCUT2D eigenvalue weighted by Crippen LogP contribution is -2.52. The molecule has 0 spiro atoms. The van der Waals surface area contributed by atoms with Gasteiger partial charge in [-0.25, -0.2) is 0 Å². The summed E-state index contributed by atoms with van der Waals surface area (Å²) in [6.45, 7) is 1.83. The normalized spacial score (nSPS) is 19.5. The van der Waals surface area contributed by atoms with Crippen LogP contribution in [0.1, 0.15) is 25.3 Å². The minimum absolute atomic E-state index is 0.0722. The largest absolute Gasteiger partial charge is 0.468 e. The molecule has 0 amide bonds. The summed E-state index contributed by atoms with van der Waals surface area (Å²) in [5.74, 6) is 0.0696. The van der Waals surface area contributed by atoms with Gasteiger partial charge in [-0.2, -0.15) is 0 Å². The number of ether oxygens (including phenoxy) is 1. The zero-order chi connectivity index (χ0) is 13.9. The van der Waals surface area contributed by atoms with E-state index in [-0.39, 0.29) is 18.6 Å². The van der Waals surface area contributed by atoms with Gasteiger partial charge in [0.1, 0.15) is 6.04 Å². The Bertz CT molecular complexity index is 430. The number of aliphatic hydroxyl groups is 1. The van der Waals surface area contributed by atoms with Gasteiger partial charge in [-0.3, -0.25) is 10.1 Å². The Morgan fingerprint density at radius 1 is 1.47 bits per heavy atom. The van der Waals surface area contributed by atoms with E-state index in [1.165, 1.54) is 7.11 Å². The minimum Gasteiger partial charge on any atom is -0.468 e. The molecule has 2 atom stereocenters. The van der Waals surface area contributed by atoms with Crippen molar-refractivity contribution in [2.24, 2.45) is 5.92 Å². The summed E-state index contributed by atoms with van der Waals surface area (Å²) in [4.78, 5) is 11.9. The summed E-state index contributed by atoms with van der Waals surface area (Å²) in [6.07, 6.45) is 2.06. The van der Waals surface area contributed by atoms with E-state index in [4.69, 9.17) is 4.74 Å². The molecule has 1 saturated carbocycles. The van der Waals surface area contributed by atoms with Crippen molar-refractivity contribution in [1.82, 2.24) is 5.32 Å². The molecule has 1 aromatic rings. The van der Waals surface area contributed by atoms with Crippen LogP contribution in [-0.2, 0) is 15.1 Å². The van der Waals surface area contributed by atoms with E-state index in [1.54, 1.807) is 0 Å². The van der Waals surface area contributed by atoms with Crippen molar-refractivity contribution in [2.45, 2.75) is 31.3 Å². The van der Waals surface area contributed by atoms with Crippen molar-refractivity contribution >= 4 is 5.97 Å². The summed E-state index contributed by atoms with van der Waals surface area (Å²) in [5.41, 5.74) is 0.329. The first kappa shape index (κ1) is 14.0. The Hall–Kier alpha value is -1.39. The molecule has 2 unspecified atom stereocenters. The van der Waals surface area contributed by atoms with Crippen LogP contribution in [0.15, 0.2) is 30.3 Å². The van der Waals surface area contributed by atoms with Crippen molar-refractivity contribution in [3.05, 3.63) is 35.9 Å². The second kappa shape index (κ2) is 5.72. The zero-order valence-electron chi connectivity index (χ0n) is 11.4. The molecule has 0 radical (unpaired) electrons. The summed E-state index contributed by atoms with van der Waals surface area (Å²) >= 11 is 0. The summed E-state index contributed by atoms with van der Waals surface area (Å²) < 4.78 is 4.86. The van der Waals surface area contributed by atoms with Gasteiger partial charge in [-0.05, 0) is 31.2 Å². The Kier molecular flexibility index (Phi) is 4.22. The van der Waals surface area contributed by atoms with Gasteiger partial charge in [-0.1, -0.05) is 30.3 Å². The molecular formula is C15H21NO3. The van der Waals surface area contributed by atoms with Gasteiger partial charge < -0.3 is 9.84 Å². The van der Waals surface area contributed by atoms with Gasteiger partial charge in [0.15, 0.2) is 0 Å². The second-order valence-electron chi connectivity index (χ2n) is 5.34. The predicted molar refractivity (Wildman–Crippen MR) is 72.5 cm³/mol. The van der Waals surface area contributed by atoms with E-state index in [0.29, 0.717) is 5.92 Å². The molecule has 4 nitrogen and oxygen atoms in total. The van der Waals surface area contributed by atoms with Gasteiger partial charge in [-0.15, -0.1) is 0 Å². The maximum Gasteiger partial charge on any atom is 0.323 e. The molecule has 0 heterocycles. The molecule has 2 N–H and O–H groups in total. The molecule has 0 aliphatic heterocycles. The molecule has 1 aliphatic carbocycles. The van der Waals surface area contributed by atoms with Crippen molar-refractivity contribution in [3.63, 3.8) is 0 Å². The molecule has 0 saturated heterocycles. The third-order valence-electron chi connectivity index (χ3n) is 3.75. The molecule has 1 aromatic carbocycles. The van der Waals surface area contributed by atoms with Gasteiger partial charge in [0.25, 0.3) is 0 Å². The second-order valence-corrected chi connectivity index (χ2v) is 5.34. The lowest BCUT2D eigenvalue weighted by atomic mass is 9.91. The fourth-order valence-corrected chi connectivity index (χ4v) is 2.30. The maximum atomic E-state index is 11.9. The molecule has 0 bridgehead atoms. The first-order valence-electron chi connectivity index (χ1n) is 6.62. The summed E-state index contributed by atoms with van der Waals surface area (Å²) in [6, 6.07) is 9.33. The average molecular weight is 263 g/mol. The SMILES string of the molecule is COC(=O)C(NC(C)(CO)c1ccccc1)C1CC1. The monoisotopic (exact) mass is 263 g/mol. The highest BCUT2D eigenvalue weighted by atomic mass is 16.5. The Morgan fingerprint density at radius 3 is 2.58 bits per heavy atom. The van der Waals surface area contributed by atoms with E-state index in [0.717, 1.165) is 18.4 Å². The topological polar surface area (TPSA) is 58.6 Å². The van der Waals surface area contributed by atoms with Gasteiger partial charge >= 0.3 is 5.97 Å². The van der Waals surface area contributed by atoms with Crippen LogP contribution in [0.25, 0.3) is 0 Å². The van der Waals surface area contributed by atoms with E-state index >= 15 is 0 Å². The van der Waals surface area contributed by atoms with Crippen LogP contribution in [0.2, 0.25) is 0 Å². The van der Waals surface area contributed by atoms with Crippen molar-refractivity contribution in [2.75, 3.05) is 13.7 Å². The van der Waals surface area contributed by atoms with Crippen LogP contribution < -0.4 is 5.32 Å². The van der Waals surface area contributed by atoms with Crippen molar-refractivity contribution in [3.8, 4) is 0 Å². The number of benzene rings is 1. The molecule has 0 aromatic heterocycles. The van der Waals surface area contributed by atoms with Crippen LogP contribution in [0.5, 0.6) is 0 Å².